The lowest BCUT2D eigenvalue weighted by Gasteiger charge is -2.41. The van der Waals surface area contributed by atoms with Crippen LogP contribution >= 0.6 is 0 Å². The first-order chi connectivity index (χ1) is 9.42. The van der Waals surface area contributed by atoms with Crippen molar-refractivity contribution in [2.24, 2.45) is 5.92 Å². The van der Waals surface area contributed by atoms with Gasteiger partial charge >= 0.3 is 0 Å². The van der Waals surface area contributed by atoms with Gasteiger partial charge in [0.1, 0.15) is 0 Å². The number of hydrogen-bond donors (Lipinski definition) is 1. The zero-order valence-electron chi connectivity index (χ0n) is 12.1. The monoisotopic (exact) mass is 267 g/mol. The fourth-order valence-corrected chi connectivity index (χ4v) is 3.79. The average Bonchev–Trinajstić information content (AvgIpc) is 2.50. The Balaban J connectivity index is 1.38. The highest BCUT2D eigenvalue weighted by Gasteiger charge is 2.26. The van der Waals surface area contributed by atoms with E-state index in [0.29, 0.717) is 0 Å². The van der Waals surface area contributed by atoms with E-state index in [4.69, 9.17) is 4.74 Å². The van der Waals surface area contributed by atoms with Crippen LogP contribution in [0.3, 0.4) is 0 Å². The Morgan fingerprint density at radius 3 is 2.26 bits per heavy atom. The van der Waals surface area contributed by atoms with Gasteiger partial charge in [0.25, 0.3) is 0 Å². The Kier molecular flexibility index (Phi) is 5.10. The molecule has 0 radical (unpaired) electrons. The van der Waals surface area contributed by atoms with Gasteiger partial charge in [0.15, 0.2) is 0 Å². The van der Waals surface area contributed by atoms with Gasteiger partial charge in [-0.1, -0.05) is 0 Å². The van der Waals surface area contributed by atoms with E-state index >= 15 is 0 Å². The quantitative estimate of drug-likeness (QED) is 0.818. The first-order valence-electron chi connectivity index (χ1n) is 8.17. The topological polar surface area (TPSA) is 27.7 Å². The van der Waals surface area contributed by atoms with E-state index in [1.807, 2.05) is 0 Å². The van der Waals surface area contributed by atoms with E-state index in [0.717, 1.165) is 25.2 Å². The van der Waals surface area contributed by atoms with Gasteiger partial charge in [-0.05, 0) is 44.7 Å². The minimum Gasteiger partial charge on any atom is -0.381 e. The van der Waals surface area contributed by atoms with Gasteiger partial charge in [-0.15, -0.1) is 0 Å². The third kappa shape index (κ3) is 3.91. The maximum atomic E-state index is 5.47. The third-order valence-electron chi connectivity index (χ3n) is 5.09. The van der Waals surface area contributed by atoms with E-state index in [2.05, 4.69) is 15.1 Å². The van der Waals surface area contributed by atoms with Crippen LogP contribution in [0.5, 0.6) is 0 Å². The van der Waals surface area contributed by atoms with Crippen molar-refractivity contribution in [1.29, 1.82) is 0 Å². The molecule has 110 valence electrons. The molecule has 19 heavy (non-hydrogen) atoms. The van der Waals surface area contributed by atoms with Crippen LogP contribution < -0.4 is 5.32 Å². The van der Waals surface area contributed by atoms with Crippen LogP contribution in [0.1, 0.15) is 25.7 Å². The Morgan fingerprint density at radius 2 is 1.58 bits per heavy atom. The molecule has 0 aromatic heterocycles. The van der Waals surface area contributed by atoms with Crippen LogP contribution in [0.2, 0.25) is 0 Å². The molecular weight excluding hydrogens is 238 g/mol. The molecule has 0 saturated carbocycles. The molecule has 0 unspecified atom stereocenters. The van der Waals surface area contributed by atoms with Crippen molar-refractivity contribution in [2.45, 2.75) is 31.7 Å². The van der Waals surface area contributed by atoms with Crippen LogP contribution in [0.25, 0.3) is 0 Å². The Hall–Kier alpha value is -0.160. The molecule has 3 saturated heterocycles. The van der Waals surface area contributed by atoms with Crippen molar-refractivity contribution in [3.05, 3.63) is 0 Å². The van der Waals surface area contributed by atoms with Crippen molar-refractivity contribution in [3.63, 3.8) is 0 Å². The first kappa shape index (κ1) is 13.8. The highest BCUT2D eigenvalue weighted by atomic mass is 16.5. The standard InChI is InChI=1S/C15H29N3O/c1-5-16-6-2-14(1)13-17-7-9-18(10-8-17)15-3-11-19-12-4-15/h14-16H,1-13H2. The number of piperazine rings is 1. The highest BCUT2D eigenvalue weighted by Crippen LogP contribution is 2.18. The smallest absolute Gasteiger partial charge is 0.0480 e. The van der Waals surface area contributed by atoms with Crippen molar-refractivity contribution >= 4 is 0 Å². The molecule has 0 aromatic carbocycles. The molecule has 0 amide bonds. The minimum atomic E-state index is 0.801. The second-order valence-electron chi connectivity index (χ2n) is 6.37. The van der Waals surface area contributed by atoms with E-state index in [9.17, 15) is 0 Å². The lowest BCUT2D eigenvalue weighted by molar-refractivity contribution is 0.0109. The van der Waals surface area contributed by atoms with E-state index in [-0.39, 0.29) is 0 Å². The van der Waals surface area contributed by atoms with Gasteiger partial charge in [-0.2, -0.15) is 0 Å². The molecule has 0 aromatic rings. The van der Waals surface area contributed by atoms with Gasteiger partial charge in [0, 0.05) is 52.0 Å². The lowest BCUT2D eigenvalue weighted by Crippen LogP contribution is -2.52. The molecule has 3 aliphatic rings. The molecule has 0 bridgehead atoms. The largest absolute Gasteiger partial charge is 0.381 e. The number of piperidine rings is 1. The number of rotatable bonds is 3. The average molecular weight is 267 g/mol. The summed E-state index contributed by atoms with van der Waals surface area (Å²) in [6, 6.07) is 0.801. The van der Waals surface area contributed by atoms with Crippen molar-refractivity contribution in [1.82, 2.24) is 15.1 Å². The fraction of sp³-hybridized carbons (Fsp3) is 1.00. The molecule has 3 aliphatic heterocycles. The molecule has 3 heterocycles. The molecule has 0 atom stereocenters. The van der Waals surface area contributed by atoms with Gasteiger partial charge in [0.2, 0.25) is 0 Å². The summed E-state index contributed by atoms with van der Waals surface area (Å²) in [4.78, 5) is 5.41. The summed E-state index contributed by atoms with van der Waals surface area (Å²) in [5.41, 5.74) is 0. The molecule has 3 rings (SSSR count). The van der Waals surface area contributed by atoms with E-state index < -0.39 is 0 Å². The summed E-state index contributed by atoms with van der Waals surface area (Å²) >= 11 is 0. The number of nitrogens with zero attached hydrogens (tertiary/aromatic N) is 2. The Labute approximate surface area is 117 Å². The van der Waals surface area contributed by atoms with Crippen LogP contribution in [0, 0.1) is 5.92 Å². The van der Waals surface area contributed by atoms with Crippen LogP contribution in [-0.2, 0) is 4.74 Å². The molecule has 4 heteroatoms. The van der Waals surface area contributed by atoms with Crippen LogP contribution in [-0.4, -0.2) is 74.9 Å². The summed E-state index contributed by atoms with van der Waals surface area (Å²) in [7, 11) is 0. The van der Waals surface area contributed by atoms with Crippen LogP contribution in [0.4, 0.5) is 0 Å². The summed E-state index contributed by atoms with van der Waals surface area (Å²) in [5.74, 6) is 0.941. The summed E-state index contributed by atoms with van der Waals surface area (Å²) in [5, 5.41) is 3.46. The predicted octanol–water partition coefficient (Wildman–Crippen LogP) is 0.783. The molecule has 3 fully saturated rings. The van der Waals surface area contributed by atoms with Crippen molar-refractivity contribution < 1.29 is 4.74 Å². The number of hydrogen-bond acceptors (Lipinski definition) is 4. The lowest BCUT2D eigenvalue weighted by atomic mass is 9.97. The summed E-state index contributed by atoms with van der Waals surface area (Å²) in [6.07, 6.45) is 5.24. The zero-order chi connectivity index (χ0) is 12.9. The maximum Gasteiger partial charge on any atom is 0.0480 e. The van der Waals surface area contributed by atoms with Gasteiger partial charge in [-0.3, -0.25) is 4.90 Å². The fourth-order valence-electron chi connectivity index (χ4n) is 3.79. The second kappa shape index (κ2) is 7.02. The molecule has 0 aliphatic carbocycles. The van der Waals surface area contributed by atoms with E-state index in [1.165, 1.54) is 71.5 Å². The number of ether oxygens (including phenoxy) is 1. The normalized spacial score (nSPS) is 29.7. The molecular formula is C15H29N3O. The van der Waals surface area contributed by atoms with Gasteiger partial charge in [-0.25, -0.2) is 0 Å². The first-order valence-corrected chi connectivity index (χ1v) is 8.17. The van der Waals surface area contributed by atoms with Gasteiger partial charge in [0.05, 0.1) is 0 Å². The predicted molar refractivity (Wildman–Crippen MR) is 77.4 cm³/mol. The maximum absolute atomic E-state index is 5.47. The molecule has 4 nitrogen and oxygen atoms in total. The van der Waals surface area contributed by atoms with Crippen LogP contribution in [0.15, 0.2) is 0 Å². The summed E-state index contributed by atoms with van der Waals surface area (Å²) < 4.78 is 5.47. The minimum absolute atomic E-state index is 0.801. The van der Waals surface area contributed by atoms with Crippen molar-refractivity contribution in [3.8, 4) is 0 Å². The summed E-state index contributed by atoms with van der Waals surface area (Å²) in [6.45, 7) is 10.8. The van der Waals surface area contributed by atoms with Gasteiger partial charge < -0.3 is 15.0 Å². The highest BCUT2D eigenvalue weighted by molar-refractivity contribution is 4.82. The number of nitrogens with one attached hydrogen (secondary N) is 1. The second-order valence-corrected chi connectivity index (χ2v) is 6.37. The van der Waals surface area contributed by atoms with Crippen molar-refractivity contribution in [2.75, 3.05) is 59.0 Å². The Bertz CT molecular complexity index is 254. The molecule has 0 spiro atoms. The third-order valence-corrected chi connectivity index (χ3v) is 5.09. The Morgan fingerprint density at radius 1 is 0.895 bits per heavy atom. The molecule has 1 N–H and O–H groups in total. The van der Waals surface area contributed by atoms with E-state index in [1.54, 1.807) is 0 Å². The SMILES string of the molecule is C1CC(CN2CCN(C3CCOCC3)CC2)CCN1. The zero-order valence-corrected chi connectivity index (χ0v) is 12.1.